The molecule has 4 heteroatoms. The van der Waals surface area contributed by atoms with Gasteiger partial charge in [0.05, 0.1) is 12.7 Å². The standard InChI is InChI=1S/C15H19F2NO/c16-15(17,12-4-5-12)13-3-1-2-11(8-13)9-14-10-18-6-7-19-14/h1-3,8,12,14,18H,4-7,9-10H2. The quantitative estimate of drug-likeness (QED) is 0.905. The van der Waals surface area contributed by atoms with Gasteiger partial charge < -0.3 is 10.1 Å². The SMILES string of the molecule is FC(F)(c1cccc(CC2CNCCO2)c1)C1CC1. The van der Waals surface area contributed by atoms with Gasteiger partial charge in [0.2, 0.25) is 0 Å². The minimum absolute atomic E-state index is 0.0959. The second-order valence-electron chi connectivity index (χ2n) is 5.50. The van der Waals surface area contributed by atoms with E-state index in [4.69, 9.17) is 4.74 Å². The van der Waals surface area contributed by atoms with E-state index < -0.39 is 11.8 Å². The first-order chi connectivity index (χ1) is 9.16. The van der Waals surface area contributed by atoms with Gasteiger partial charge in [-0.1, -0.05) is 18.2 Å². The highest BCUT2D eigenvalue weighted by Gasteiger charge is 2.47. The van der Waals surface area contributed by atoms with E-state index in [-0.39, 0.29) is 11.7 Å². The second-order valence-corrected chi connectivity index (χ2v) is 5.50. The highest BCUT2D eigenvalue weighted by Crippen LogP contribution is 2.49. The van der Waals surface area contributed by atoms with Crippen LogP contribution < -0.4 is 5.32 Å². The van der Waals surface area contributed by atoms with Crippen LogP contribution in [0.2, 0.25) is 0 Å². The van der Waals surface area contributed by atoms with E-state index in [9.17, 15) is 8.78 Å². The molecule has 1 saturated carbocycles. The number of hydrogen-bond acceptors (Lipinski definition) is 2. The van der Waals surface area contributed by atoms with E-state index in [1.165, 1.54) is 0 Å². The summed E-state index contributed by atoms with van der Waals surface area (Å²) in [5.41, 5.74) is 1.10. The molecule has 2 fully saturated rings. The Hall–Kier alpha value is -1.00. The maximum absolute atomic E-state index is 14.1. The molecule has 1 heterocycles. The molecule has 2 nitrogen and oxygen atoms in total. The Bertz CT molecular complexity index is 440. The van der Waals surface area contributed by atoms with Crippen LogP contribution in [-0.2, 0) is 17.1 Å². The molecule has 0 aromatic heterocycles. The molecule has 1 aromatic carbocycles. The zero-order valence-electron chi connectivity index (χ0n) is 10.9. The van der Waals surface area contributed by atoms with Crippen LogP contribution in [0.5, 0.6) is 0 Å². The van der Waals surface area contributed by atoms with Crippen LogP contribution in [0.1, 0.15) is 24.0 Å². The van der Waals surface area contributed by atoms with Crippen LogP contribution in [0.25, 0.3) is 0 Å². The lowest BCUT2D eigenvalue weighted by atomic mass is 9.99. The molecule has 1 aliphatic carbocycles. The Labute approximate surface area is 112 Å². The minimum Gasteiger partial charge on any atom is -0.375 e. The number of ether oxygens (including phenoxy) is 1. The van der Waals surface area contributed by atoms with Crippen LogP contribution in [0.3, 0.4) is 0 Å². The average Bonchev–Trinajstić information content (AvgIpc) is 3.25. The van der Waals surface area contributed by atoms with E-state index >= 15 is 0 Å². The first kappa shape index (κ1) is 13.0. The number of nitrogens with one attached hydrogen (secondary N) is 1. The van der Waals surface area contributed by atoms with Gasteiger partial charge >= 0.3 is 0 Å². The van der Waals surface area contributed by atoms with Gasteiger partial charge in [0, 0.05) is 24.6 Å². The molecule has 1 N–H and O–H groups in total. The Morgan fingerprint density at radius 3 is 2.84 bits per heavy atom. The van der Waals surface area contributed by atoms with Crippen molar-refractivity contribution in [1.82, 2.24) is 5.32 Å². The van der Waals surface area contributed by atoms with Crippen molar-refractivity contribution in [2.45, 2.75) is 31.3 Å². The molecule has 2 aliphatic rings. The minimum atomic E-state index is -2.66. The third-order valence-corrected chi connectivity index (χ3v) is 3.87. The van der Waals surface area contributed by atoms with Gasteiger partial charge in [-0.25, -0.2) is 8.78 Å². The monoisotopic (exact) mass is 267 g/mol. The van der Waals surface area contributed by atoms with Gasteiger partial charge in [0.25, 0.3) is 5.92 Å². The summed E-state index contributed by atoms with van der Waals surface area (Å²) in [4.78, 5) is 0. The van der Waals surface area contributed by atoms with Gasteiger partial charge in [0.1, 0.15) is 0 Å². The van der Waals surface area contributed by atoms with Gasteiger partial charge in [-0.15, -0.1) is 0 Å². The van der Waals surface area contributed by atoms with Crippen molar-refractivity contribution in [2.24, 2.45) is 5.92 Å². The maximum atomic E-state index is 14.1. The Balaban J connectivity index is 1.72. The number of halogens is 2. The molecule has 19 heavy (non-hydrogen) atoms. The lowest BCUT2D eigenvalue weighted by molar-refractivity contribution is -0.0287. The topological polar surface area (TPSA) is 21.3 Å². The summed E-state index contributed by atoms with van der Waals surface area (Å²) in [6.07, 6.45) is 2.08. The fraction of sp³-hybridized carbons (Fsp3) is 0.600. The smallest absolute Gasteiger partial charge is 0.276 e. The molecule has 0 bridgehead atoms. The zero-order valence-corrected chi connectivity index (χ0v) is 10.9. The maximum Gasteiger partial charge on any atom is 0.276 e. The molecule has 1 unspecified atom stereocenters. The first-order valence-electron chi connectivity index (χ1n) is 6.96. The van der Waals surface area contributed by atoms with Gasteiger partial charge in [0.15, 0.2) is 0 Å². The van der Waals surface area contributed by atoms with Gasteiger partial charge in [-0.05, 0) is 30.9 Å². The summed E-state index contributed by atoms with van der Waals surface area (Å²) < 4.78 is 33.7. The molecular weight excluding hydrogens is 248 g/mol. The lowest BCUT2D eigenvalue weighted by Gasteiger charge is -2.24. The molecule has 0 radical (unpaired) electrons. The van der Waals surface area contributed by atoms with Crippen molar-refractivity contribution in [1.29, 1.82) is 0 Å². The Morgan fingerprint density at radius 2 is 2.16 bits per heavy atom. The lowest BCUT2D eigenvalue weighted by Crippen LogP contribution is -2.39. The predicted molar refractivity (Wildman–Crippen MR) is 69.4 cm³/mol. The molecule has 0 amide bonds. The first-order valence-corrected chi connectivity index (χ1v) is 6.96. The summed E-state index contributed by atoms with van der Waals surface area (Å²) in [6, 6.07) is 6.83. The summed E-state index contributed by atoms with van der Waals surface area (Å²) in [5, 5.41) is 3.26. The van der Waals surface area contributed by atoms with E-state index in [1.807, 2.05) is 6.07 Å². The molecule has 1 aliphatic heterocycles. The van der Waals surface area contributed by atoms with E-state index in [0.29, 0.717) is 25.9 Å². The zero-order chi connectivity index (χ0) is 13.3. The molecule has 104 valence electrons. The third-order valence-electron chi connectivity index (χ3n) is 3.87. The van der Waals surface area contributed by atoms with Crippen molar-refractivity contribution in [2.75, 3.05) is 19.7 Å². The molecule has 1 saturated heterocycles. The molecule has 0 spiro atoms. The van der Waals surface area contributed by atoms with Gasteiger partial charge in [-0.2, -0.15) is 0 Å². The number of hydrogen-bond donors (Lipinski definition) is 1. The van der Waals surface area contributed by atoms with E-state index in [0.717, 1.165) is 18.7 Å². The predicted octanol–water partition coefficient (Wildman–Crippen LogP) is 2.72. The largest absolute Gasteiger partial charge is 0.375 e. The summed E-state index contributed by atoms with van der Waals surface area (Å²) in [7, 11) is 0. The highest BCUT2D eigenvalue weighted by molar-refractivity contribution is 5.29. The molecule has 3 rings (SSSR count). The fourth-order valence-electron chi connectivity index (χ4n) is 2.60. The van der Waals surface area contributed by atoms with Crippen molar-refractivity contribution in [3.05, 3.63) is 35.4 Å². The summed E-state index contributed by atoms with van der Waals surface area (Å²) in [5.74, 6) is -3.11. The van der Waals surface area contributed by atoms with Crippen LogP contribution in [0.15, 0.2) is 24.3 Å². The van der Waals surface area contributed by atoms with Crippen LogP contribution in [-0.4, -0.2) is 25.8 Å². The fourth-order valence-corrected chi connectivity index (χ4v) is 2.60. The van der Waals surface area contributed by atoms with E-state index in [1.54, 1.807) is 18.2 Å². The second kappa shape index (κ2) is 5.17. The van der Waals surface area contributed by atoms with Crippen LogP contribution in [0, 0.1) is 5.92 Å². The summed E-state index contributed by atoms with van der Waals surface area (Å²) in [6.45, 7) is 2.36. The summed E-state index contributed by atoms with van der Waals surface area (Å²) >= 11 is 0. The third kappa shape index (κ3) is 2.95. The van der Waals surface area contributed by atoms with Crippen LogP contribution in [0.4, 0.5) is 8.78 Å². The Morgan fingerprint density at radius 1 is 1.32 bits per heavy atom. The van der Waals surface area contributed by atoms with Crippen molar-refractivity contribution in [3.8, 4) is 0 Å². The van der Waals surface area contributed by atoms with E-state index in [2.05, 4.69) is 5.32 Å². The number of morpholine rings is 1. The number of rotatable bonds is 4. The van der Waals surface area contributed by atoms with Crippen molar-refractivity contribution < 1.29 is 13.5 Å². The molecule has 1 atom stereocenters. The van der Waals surface area contributed by atoms with Crippen molar-refractivity contribution in [3.63, 3.8) is 0 Å². The van der Waals surface area contributed by atoms with Crippen molar-refractivity contribution >= 4 is 0 Å². The molecular formula is C15H19F2NO. The Kier molecular flexibility index (Phi) is 3.54. The number of benzene rings is 1. The normalized spacial score (nSPS) is 24.4. The average molecular weight is 267 g/mol. The molecule has 1 aromatic rings. The van der Waals surface area contributed by atoms with Crippen LogP contribution >= 0.6 is 0 Å². The number of alkyl halides is 2. The highest BCUT2D eigenvalue weighted by atomic mass is 19.3. The van der Waals surface area contributed by atoms with Gasteiger partial charge in [-0.3, -0.25) is 0 Å².